The minimum atomic E-state index is 0.128. The Balaban J connectivity index is 2.02. The zero-order chi connectivity index (χ0) is 13.7. The summed E-state index contributed by atoms with van der Waals surface area (Å²) in [6.07, 6.45) is 6.13. The van der Waals surface area contributed by atoms with Gasteiger partial charge < -0.3 is 14.6 Å². The van der Waals surface area contributed by atoms with Crippen LogP contribution >= 0.6 is 0 Å². The van der Waals surface area contributed by atoms with E-state index in [4.69, 9.17) is 4.42 Å². The van der Waals surface area contributed by atoms with E-state index >= 15 is 0 Å². The molecule has 0 aliphatic carbocycles. The standard InChI is InChI=1S/C14H26N4O/c1-4-9-15-12(3)13-16-17-14(19-13)18-10-7-5-6-8-11(18)2/h11-12,15H,4-10H2,1-3H3. The summed E-state index contributed by atoms with van der Waals surface area (Å²) in [5.74, 6) is 0.694. The van der Waals surface area contributed by atoms with Crippen LogP contribution in [-0.2, 0) is 0 Å². The number of nitrogens with zero attached hydrogens (tertiary/aromatic N) is 3. The Morgan fingerprint density at radius 1 is 1.37 bits per heavy atom. The van der Waals surface area contributed by atoms with Crippen molar-refractivity contribution >= 4 is 6.01 Å². The van der Waals surface area contributed by atoms with Crippen LogP contribution in [0.5, 0.6) is 0 Å². The number of anilines is 1. The van der Waals surface area contributed by atoms with Gasteiger partial charge in [-0.1, -0.05) is 24.9 Å². The molecule has 5 heteroatoms. The second kappa shape index (κ2) is 6.89. The second-order valence-electron chi connectivity index (χ2n) is 5.49. The highest BCUT2D eigenvalue weighted by molar-refractivity contribution is 5.26. The van der Waals surface area contributed by atoms with E-state index in [1.165, 1.54) is 25.7 Å². The molecule has 0 radical (unpaired) electrons. The fourth-order valence-corrected chi connectivity index (χ4v) is 2.52. The Labute approximate surface area is 115 Å². The molecular weight excluding hydrogens is 240 g/mol. The summed E-state index contributed by atoms with van der Waals surface area (Å²) in [7, 11) is 0. The first-order chi connectivity index (χ1) is 9.22. The first-order valence-electron chi connectivity index (χ1n) is 7.55. The maximum atomic E-state index is 5.85. The summed E-state index contributed by atoms with van der Waals surface area (Å²) in [5, 5.41) is 11.8. The molecule has 1 N–H and O–H groups in total. The van der Waals surface area contributed by atoms with Gasteiger partial charge in [-0.05, 0) is 39.7 Å². The first kappa shape index (κ1) is 14.3. The van der Waals surface area contributed by atoms with Crippen LogP contribution in [0.2, 0.25) is 0 Å². The van der Waals surface area contributed by atoms with E-state index in [-0.39, 0.29) is 6.04 Å². The molecule has 2 unspecified atom stereocenters. The molecule has 108 valence electrons. The summed E-state index contributed by atoms with van der Waals surface area (Å²) < 4.78 is 5.85. The van der Waals surface area contributed by atoms with Crippen LogP contribution in [-0.4, -0.2) is 29.3 Å². The highest BCUT2D eigenvalue weighted by Gasteiger charge is 2.23. The smallest absolute Gasteiger partial charge is 0.318 e. The molecule has 2 rings (SSSR count). The molecule has 0 amide bonds. The van der Waals surface area contributed by atoms with Crippen molar-refractivity contribution in [2.45, 2.75) is 65.0 Å². The predicted molar refractivity (Wildman–Crippen MR) is 76.3 cm³/mol. The van der Waals surface area contributed by atoms with Crippen molar-refractivity contribution in [3.63, 3.8) is 0 Å². The topological polar surface area (TPSA) is 54.2 Å². The van der Waals surface area contributed by atoms with E-state index in [1.54, 1.807) is 0 Å². The average Bonchev–Trinajstić information content (AvgIpc) is 2.80. The van der Waals surface area contributed by atoms with Crippen LogP contribution in [0.25, 0.3) is 0 Å². The van der Waals surface area contributed by atoms with Crippen molar-refractivity contribution in [1.29, 1.82) is 0 Å². The van der Waals surface area contributed by atoms with Gasteiger partial charge in [-0.2, -0.15) is 0 Å². The number of rotatable bonds is 5. The highest BCUT2D eigenvalue weighted by atomic mass is 16.4. The van der Waals surface area contributed by atoms with E-state index in [1.807, 2.05) is 0 Å². The van der Waals surface area contributed by atoms with E-state index < -0.39 is 0 Å². The predicted octanol–water partition coefficient (Wildman–Crippen LogP) is 2.90. The van der Waals surface area contributed by atoms with E-state index in [0.29, 0.717) is 17.9 Å². The third-order valence-corrected chi connectivity index (χ3v) is 3.80. The quantitative estimate of drug-likeness (QED) is 0.888. The van der Waals surface area contributed by atoms with Gasteiger partial charge in [-0.3, -0.25) is 0 Å². The van der Waals surface area contributed by atoms with Crippen molar-refractivity contribution < 1.29 is 4.42 Å². The van der Waals surface area contributed by atoms with Crippen LogP contribution in [0, 0.1) is 0 Å². The molecule has 1 aromatic heterocycles. The minimum Gasteiger partial charge on any atom is -0.406 e. The molecule has 0 spiro atoms. The number of hydrogen-bond acceptors (Lipinski definition) is 5. The molecule has 19 heavy (non-hydrogen) atoms. The summed E-state index contributed by atoms with van der Waals surface area (Å²) in [5.41, 5.74) is 0. The van der Waals surface area contributed by atoms with Gasteiger partial charge in [0.1, 0.15) is 0 Å². The molecule has 5 nitrogen and oxygen atoms in total. The maximum absolute atomic E-state index is 5.85. The average molecular weight is 266 g/mol. The minimum absolute atomic E-state index is 0.128. The van der Waals surface area contributed by atoms with E-state index in [9.17, 15) is 0 Å². The van der Waals surface area contributed by atoms with Gasteiger partial charge in [0.25, 0.3) is 0 Å². The van der Waals surface area contributed by atoms with Gasteiger partial charge in [0.2, 0.25) is 5.89 Å². The van der Waals surface area contributed by atoms with Crippen molar-refractivity contribution in [2.75, 3.05) is 18.0 Å². The van der Waals surface area contributed by atoms with Crippen molar-refractivity contribution in [3.05, 3.63) is 5.89 Å². The van der Waals surface area contributed by atoms with Crippen molar-refractivity contribution in [3.8, 4) is 0 Å². The van der Waals surface area contributed by atoms with Gasteiger partial charge in [0.05, 0.1) is 6.04 Å². The third kappa shape index (κ3) is 3.69. The Bertz CT molecular complexity index is 379. The Hall–Kier alpha value is -1.10. The molecule has 1 aliphatic rings. The summed E-state index contributed by atoms with van der Waals surface area (Å²) in [6.45, 7) is 8.46. The monoisotopic (exact) mass is 266 g/mol. The van der Waals surface area contributed by atoms with Gasteiger partial charge in [-0.25, -0.2) is 0 Å². The van der Waals surface area contributed by atoms with Crippen molar-refractivity contribution in [1.82, 2.24) is 15.5 Å². The lowest BCUT2D eigenvalue weighted by atomic mass is 10.1. The van der Waals surface area contributed by atoms with Crippen LogP contribution in [0.3, 0.4) is 0 Å². The lowest BCUT2D eigenvalue weighted by Crippen LogP contribution is -2.32. The van der Waals surface area contributed by atoms with Crippen LogP contribution in [0.15, 0.2) is 4.42 Å². The lowest BCUT2D eigenvalue weighted by molar-refractivity contribution is 0.407. The molecule has 2 heterocycles. The number of aromatic nitrogens is 2. The fraction of sp³-hybridized carbons (Fsp3) is 0.857. The van der Waals surface area contributed by atoms with Gasteiger partial charge in [0.15, 0.2) is 0 Å². The molecule has 2 atom stereocenters. The molecule has 1 fully saturated rings. The van der Waals surface area contributed by atoms with Crippen LogP contribution in [0.1, 0.15) is 64.8 Å². The molecule has 0 saturated carbocycles. The van der Waals surface area contributed by atoms with Gasteiger partial charge in [0, 0.05) is 12.6 Å². The highest BCUT2D eigenvalue weighted by Crippen LogP contribution is 2.24. The third-order valence-electron chi connectivity index (χ3n) is 3.80. The molecule has 0 bridgehead atoms. The first-order valence-corrected chi connectivity index (χ1v) is 7.55. The molecule has 0 aromatic carbocycles. The molecule has 1 aromatic rings. The number of hydrogen-bond donors (Lipinski definition) is 1. The van der Waals surface area contributed by atoms with E-state index in [0.717, 1.165) is 19.5 Å². The van der Waals surface area contributed by atoms with Crippen LogP contribution in [0.4, 0.5) is 6.01 Å². The van der Waals surface area contributed by atoms with E-state index in [2.05, 4.69) is 41.2 Å². The number of nitrogens with one attached hydrogen (secondary N) is 1. The summed E-state index contributed by atoms with van der Waals surface area (Å²) >= 11 is 0. The largest absolute Gasteiger partial charge is 0.406 e. The second-order valence-corrected chi connectivity index (χ2v) is 5.49. The molecule has 1 saturated heterocycles. The Morgan fingerprint density at radius 2 is 2.21 bits per heavy atom. The fourth-order valence-electron chi connectivity index (χ4n) is 2.52. The van der Waals surface area contributed by atoms with Crippen LogP contribution < -0.4 is 10.2 Å². The zero-order valence-electron chi connectivity index (χ0n) is 12.4. The molecule has 1 aliphatic heterocycles. The summed E-state index contributed by atoms with van der Waals surface area (Å²) in [6, 6.07) is 1.31. The Kier molecular flexibility index (Phi) is 5.19. The lowest BCUT2D eigenvalue weighted by Gasteiger charge is -2.24. The summed E-state index contributed by atoms with van der Waals surface area (Å²) in [4.78, 5) is 2.26. The maximum Gasteiger partial charge on any atom is 0.318 e. The normalized spacial score (nSPS) is 22.3. The zero-order valence-corrected chi connectivity index (χ0v) is 12.4. The SMILES string of the molecule is CCCNC(C)c1nnc(N2CCCCCC2C)o1. The molecular formula is C14H26N4O. The van der Waals surface area contributed by atoms with Gasteiger partial charge >= 0.3 is 6.01 Å². The Morgan fingerprint density at radius 3 is 3.00 bits per heavy atom. The van der Waals surface area contributed by atoms with Crippen molar-refractivity contribution in [2.24, 2.45) is 0 Å². The van der Waals surface area contributed by atoms with Gasteiger partial charge in [-0.15, -0.1) is 5.10 Å².